The molecule has 1 aromatic rings. The van der Waals surface area contributed by atoms with Gasteiger partial charge in [-0.3, -0.25) is 19.1 Å². The van der Waals surface area contributed by atoms with Gasteiger partial charge >= 0.3 is 11.8 Å². The van der Waals surface area contributed by atoms with Gasteiger partial charge in [-0.05, 0) is 65.1 Å². The number of H-pyrrole nitrogens is 1. The molecule has 2 heterocycles. The summed E-state index contributed by atoms with van der Waals surface area (Å²) in [4.78, 5) is 56.2. The van der Waals surface area contributed by atoms with E-state index in [2.05, 4.69) is 91.4 Å². The van der Waals surface area contributed by atoms with Gasteiger partial charge in [0, 0.05) is 44.3 Å². The maximum atomic E-state index is 13.5. The molecule has 17 heteroatoms. The Morgan fingerprint density at radius 3 is 2.25 bits per heavy atom. The van der Waals surface area contributed by atoms with E-state index in [0.29, 0.717) is 19.5 Å². The number of aromatic nitrogens is 2. The van der Waals surface area contributed by atoms with Gasteiger partial charge in [-0.1, -0.05) is 40.5 Å². The molecule has 1 fully saturated rings. The Hall–Kier alpha value is -2.64. The largest absolute Gasteiger partial charge is 0.453 e. The fourth-order valence-corrected chi connectivity index (χ4v) is 8.82. The van der Waals surface area contributed by atoms with Crippen molar-refractivity contribution < 1.29 is 32.5 Å². The Bertz CT molecular complexity index is 1450. The Morgan fingerprint density at radius 2 is 1.70 bits per heavy atom. The lowest BCUT2D eigenvalue weighted by molar-refractivity contribution is -0.121. The van der Waals surface area contributed by atoms with Gasteiger partial charge in [0.25, 0.3) is 14.1 Å². The number of amides is 2. The van der Waals surface area contributed by atoms with Crippen LogP contribution in [0.5, 0.6) is 0 Å². The van der Waals surface area contributed by atoms with Gasteiger partial charge in [0.2, 0.25) is 12.5 Å². The van der Waals surface area contributed by atoms with Crippen LogP contribution in [-0.2, 0) is 34.3 Å². The van der Waals surface area contributed by atoms with Crippen LogP contribution in [0.15, 0.2) is 15.8 Å². The van der Waals surface area contributed by atoms with Crippen molar-refractivity contribution in [2.75, 3.05) is 33.4 Å². The Labute approximate surface area is 318 Å². The van der Waals surface area contributed by atoms with E-state index in [0.717, 1.165) is 25.7 Å². The topological polar surface area (TPSA) is 167 Å². The number of aryl methyl sites for hydroxylation is 1. The molecule has 2 amide bonds. The van der Waals surface area contributed by atoms with Gasteiger partial charge < -0.3 is 38.4 Å². The lowest BCUT2D eigenvalue weighted by Gasteiger charge is -2.42. The first-order valence-corrected chi connectivity index (χ1v) is 22.9. The number of rotatable bonds is 22. The number of unbranched alkanes of at least 4 members (excludes halogenated alkanes) is 3. The molecule has 1 saturated heterocycles. The average Bonchev–Trinajstić information content (AvgIpc) is 3.40. The zero-order valence-electron chi connectivity index (χ0n) is 33.8. The SMILES string of the molecule is [C-]#[N+]CCOP(OC1[C@@H](CC)O[C@@H](c2cn(CCC(=O)NCCCCCCNC(=O)OC)c(=O)[nH]c2=O)[C@H]1O[Si](C)(C)C(C)(C)C)N(C(C)C)C(C)C. The summed E-state index contributed by atoms with van der Waals surface area (Å²) in [6.07, 6.45) is 2.37. The summed E-state index contributed by atoms with van der Waals surface area (Å²) < 4.78 is 35.0. The summed E-state index contributed by atoms with van der Waals surface area (Å²) in [5.41, 5.74) is -0.973. The first kappa shape index (κ1) is 46.5. The molecule has 1 aliphatic heterocycles. The number of aromatic amines is 1. The maximum Gasteiger partial charge on any atom is 0.406 e. The van der Waals surface area contributed by atoms with E-state index in [-0.39, 0.29) is 54.7 Å². The third-order valence-electron chi connectivity index (χ3n) is 9.62. The molecule has 0 aliphatic carbocycles. The Morgan fingerprint density at radius 1 is 1.08 bits per heavy atom. The second-order valence-electron chi connectivity index (χ2n) is 15.4. The van der Waals surface area contributed by atoms with E-state index in [4.69, 9.17) is 24.8 Å². The molecule has 0 aromatic carbocycles. The molecular formula is C36H65N6O9PSi. The predicted octanol–water partition coefficient (Wildman–Crippen LogP) is 5.87. The Kier molecular flexibility index (Phi) is 19.3. The summed E-state index contributed by atoms with van der Waals surface area (Å²) in [6.45, 7) is 29.7. The Balaban J connectivity index is 2.34. The number of nitrogens with zero attached hydrogens (tertiary/aromatic N) is 3. The summed E-state index contributed by atoms with van der Waals surface area (Å²) in [5.74, 6) is -0.209. The normalized spacial score (nSPS) is 19.8. The number of ether oxygens (including phenoxy) is 2. The summed E-state index contributed by atoms with van der Waals surface area (Å²) >= 11 is 0. The molecule has 5 atom stereocenters. The van der Waals surface area contributed by atoms with Gasteiger partial charge in [0.1, 0.15) is 24.9 Å². The molecule has 0 spiro atoms. The number of carbonyl (C=O) groups excluding carboxylic acids is 2. The highest BCUT2D eigenvalue weighted by molar-refractivity contribution is 7.44. The van der Waals surface area contributed by atoms with Gasteiger partial charge in [-0.2, -0.15) is 0 Å². The second kappa shape index (κ2) is 22.0. The number of alkyl carbamates (subject to hydrolysis) is 1. The highest BCUT2D eigenvalue weighted by Crippen LogP contribution is 2.52. The zero-order chi connectivity index (χ0) is 39.9. The molecule has 302 valence electrons. The molecule has 2 rings (SSSR count). The lowest BCUT2D eigenvalue weighted by Crippen LogP contribution is -2.49. The summed E-state index contributed by atoms with van der Waals surface area (Å²) in [6, 6.07) is 0.162. The number of methoxy groups -OCH3 is 1. The monoisotopic (exact) mass is 784 g/mol. The van der Waals surface area contributed by atoms with Crippen LogP contribution >= 0.6 is 8.53 Å². The molecule has 15 nitrogen and oxygen atoms in total. The van der Waals surface area contributed by atoms with Gasteiger partial charge in [0.15, 0.2) is 8.32 Å². The third kappa shape index (κ3) is 14.2. The highest BCUT2D eigenvalue weighted by Gasteiger charge is 2.53. The van der Waals surface area contributed by atoms with Crippen LogP contribution in [0.25, 0.3) is 4.85 Å². The quantitative estimate of drug-likeness (QED) is 0.0561. The third-order valence-corrected chi connectivity index (χ3v) is 16.2. The minimum absolute atomic E-state index is 0.0413. The molecule has 0 radical (unpaired) electrons. The molecule has 0 bridgehead atoms. The highest BCUT2D eigenvalue weighted by atomic mass is 31.2. The van der Waals surface area contributed by atoms with Gasteiger partial charge in [-0.15, -0.1) is 0 Å². The van der Waals surface area contributed by atoms with Crippen molar-refractivity contribution in [3.05, 3.63) is 44.0 Å². The first-order valence-electron chi connectivity index (χ1n) is 18.8. The molecule has 1 aromatic heterocycles. The van der Waals surface area contributed by atoms with Crippen molar-refractivity contribution >= 4 is 28.8 Å². The lowest BCUT2D eigenvalue weighted by atomic mass is 10.0. The van der Waals surface area contributed by atoms with Crippen LogP contribution in [0, 0.1) is 6.57 Å². The fraction of sp³-hybridized carbons (Fsp3) is 0.806. The van der Waals surface area contributed by atoms with Crippen LogP contribution < -0.4 is 21.9 Å². The van der Waals surface area contributed by atoms with Crippen LogP contribution in [0.1, 0.15) is 106 Å². The number of nitrogens with one attached hydrogen (secondary N) is 3. The van der Waals surface area contributed by atoms with E-state index in [1.165, 1.54) is 17.9 Å². The van der Waals surface area contributed by atoms with Crippen LogP contribution in [0.3, 0.4) is 0 Å². The van der Waals surface area contributed by atoms with Crippen LogP contribution in [0.2, 0.25) is 18.1 Å². The predicted molar refractivity (Wildman–Crippen MR) is 209 cm³/mol. The standard InChI is InChI=1S/C36H65N6O9PSi/c1-13-28-31(50-52(48-23-21-37-9)42(25(2)3)26(4)5)32(51-53(11,12)36(6,7)8)30(49-28)27-24-41(34(45)40-33(27)44)22-18-29(43)38-19-16-14-15-17-20-39-35(46)47-10/h24-26,28,30-32H,13-23H2,1-8,10-12H3,(H,38,43)(H,39,46)(H,40,44,45)/t28-,30+,31?,32-,52?/m1/s1. The van der Waals surface area contributed by atoms with Crippen molar-refractivity contribution in [1.82, 2.24) is 24.9 Å². The second-order valence-corrected chi connectivity index (χ2v) is 21.6. The van der Waals surface area contributed by atoms with Crippen molar-refractivity contribution in [2.45, 2.75) is 155 Å². The van der Waals surface area contributed by atoms with Crippen molar-refractivity contribution in [3.63, 3.8) is 0 Å². The smallest absolute Gasteiger partial charge is 0.406 e. The van der Waals surface area contributed by atoms with Gasteiger partial charge in [0.05, 0.1) is 18.8 Å². The molecule has 3 N–H and O–H groups in total. The number of carbonyl (C=O) groups is 2. The van der Waals surface area contributed by atoms with Crippen molar-refractivity contribution in [3.8, 4) is 0 Å². The number of hydrogen-bond donors (Lipinski definition) is 3. The van der Waals surface area contributed by atoms with Crippen molar-refractivity contribution in [2.24, 2.45) is 0 Å². The molecule has 2 unspecified atom stereocenters. The fourth-order valence-electron chi connectivity index (χ4n) is 5.77. The van der Waals surface area contributed by atoms with Crippen molar-refractivity contribution in [1.29, 1.82) is 0 Å². The summed E-state index contributed by atoms with van der Waals surface area (Å²) in [7, 11) is -2.81. The first-order chi connectivity index (χ1) is 24.9. The summed E-state index contributed by atoms with van der Waals surface area (Å²) in [5, 5.41) is 5.36. The van der Waals surface area contributed by atoms with E-state index in [1.807, 2.05) is 6.92 Å². The zero-order valence-corrected chi connectivity index (χ0v) is 35.7. The molecule has 0 saturated carbocycles. The molecule has 53 heavy (non-hydrogen) atoms. The molecule has 1 aliphatic rings. The van der Waals surface area contributed by atoms with Crippen LogP contribution in [-0.4, -0.2) is 98.3 Å². The number of hydrogen-bond acceptors (Lipinski definition) is 10. The van der Waals surface area contributed by atoms with Crippen LogP contribution in [0.4, 0.5) is 4.79 Å². The maximum absolute atomic E-state index is 13.5. The van der Waals surface area contributed by atoms with Gasteiger partial charge in [-0.25, -0.2) is 20.8 Å². The van der Waals surface area contributed by atoms with E-state index < -0.39 is 58.6 Å². The average molecular weight is 785 g/mol. The van der Waals surface area contributed by atoms with E-state index in [1.54, 1.807) is 0 Å². The minimum Gasteiger partial charge on any atom is -0.453 e. The van der Waals surface area contributed by atoms with E-state index >= 15 is 0 Å². The molecular weight excluding hydrogens is 719 g/mol. The van der Waals surface area contributed by atoms with E-state index in [9.17, 15) is 19.2 Å². The minimum atomic E-state index is -2.49.